The summed E-state index contributed by atoms with van der Waals surface area (Å²) in [5.74, 6) is 0.0779. The van der Waals surface area contributed by atoms with Gasteiger partial charge in [0.15, 0.2) is 11.5 Å². The number of nitrogens with zero attached hydrogens (tertiary/aromatic N) is 1. The van der Waals surface area contributed by atoms with E-state index in [9.17, 15) is 14.4 Å². The molecular weight excluding hydrogens is 627 g/mol. The molecule has 1 fully saturated rings. The van der Waals surface area contributed by atoms with Crippen molar-refractivity contribution in [1.82, 2.24) is 4.90 Å². The summed E-state index contributed by atoms with van der Waals surface area (Å²) in [7, 11) is 0. The highest BCUT2D eigenvalue weighted by Gasteiger charge is 2.36. The van der Waals surface area contributed by atoms with E-state index in [4.69, 9.17) is 21.1 Å². The summed E-state index contributed by atoms with van der Waals surface area (Å²) in [6, 6.07) is 20.1. The smallest absolute Gasteiger partial charge is 0.294 e. The lowest BCUT2D eigenvalue weighted by Gasteiger charge is -2.15. The fraction of sp³-hybridized carbons (Fsp3) is 0.148. The molecule has 0 unspecified atom stereocenters. The number of carbonyl (C=O) groups is 3. The maximum Gasteiger partial charge on any atom is 0.294 e. The van der Waals surface area contributed by atoms with E-state index in [2.05, 4.69) is 27.9 Å². The summed E-state index contributed by atoms with van der Waals surface area (Å²) in [5, 5.41) is 2.47. The van der Waals surface area contributed by atoms with Crippen LogP contribution in [-0.2, 0) is 16.2 Å². The molecule has 0 spiro atoms. The first-order valence-electron chi connectivity index (χ1n) is 11.3. The van der Waals surface area contributed by atoms with Crippen molar-refractivity contribution in [2.75, 3.05) is 18.5 Å². The van der Waals surface area contributed by atoms with Crippen molar-refractivity contribution in [2.24, 2.45) is 0 Å². The molecule has 0 aromatic heterocycles. The van der Waals surface area contributed by atoms with Crippen LogP contribution in [0.5, 0.6) is 11.5 Å². The molecule has 0 atom stereocenters. The molecule has 3 aromatic rings. The number of amides is 3. The standard InChI is InChI=1S/C27H22ClIN2O5S/c1-2-35-22-13-18(12-20(29)25(22)36-16-17-8-4-3-5-9-17)14-23-26(33)31(27(34)37-23)15-24(32)30-21-11-7-6-10-19(21)28/h3-14H,2,15-16H2,1H3,(H,30,32)/b23-14+. The number of hydrogen-bond donors (Lipinski definition) is 1. The van der Waals surface area contributed by atoms with Crippen LogP contribution in [0, 0.1) is 3.57 Å². The van der Waals surface area contributed by atoms with Crippen LogP contribution in [0.1, 0.15) is 18.1 Å². The number of para-hydroxylation sites is 1. The molecule has 1 aliphatic rings. The Kier molecular flexibility index (Phi) is 9.12. The second-order valence-electron chi connectivity index (χ2n) is 7.83. The molecule has 0 saturated carbocycles. The van der Waals surface area contributed by atoms with E-state index in [1.165, 1.54) is 0 Å². The Morgan fingerprint density at radius 2 is 1.81 bits per heavy atom. The third-order valence-corrected chi connectivity index (χ3v) is 7.22. The Hall–Kier alpha value is -3.02. The first-order chi connectivity index (χ1) is 17.9. The Labute approximate surface area is 237 Å². The van der Waals surface area contributed by atoms with Crippen LogP contribution in [0.4, 0.5) is 10.5 Å². The fourth-order valence-corrected chi connectivity index (χ4v) is 5.29. The van der Waals surface area contributed by atoms with Crippen LogP contribution in [0.2, 0.25) is 5.02 Å². The molecule has 7 nitrogen and oxygen atoms in total. The average molecular weight is 649 g/mol. The number of halogens is 2. The number of benzene rings is 3. The largest absolute Gasteiger partial charge is 0.490 e. The molecule has 3 amide bonds. The van der Waals surface area contributed by atoms with Gasteiger partial charge in [-0.2, -0.15) is 0 Å². The topological polar surface area (TPSA) is 84.9 Å². The lowest BCUT2D eigenvalue weighted by Crippen LogP contribution is -2.36. The minimum Gasteiger partial charge on any atom is -0.490 e. The van der Waals surface area contributed by atoms with Crippen molar-refractivity contribution in [3.8, 4) is 11.5 Å². The molecule has 190 valence electrons. The summed E-state index contributed by atoms with van der Waals surface area (Å²) in [4.78, 5) is 39.1. The van der Waals surface area contributed by atoms with Gasteiger partial charge in [-0.05, 0) is 82.7 Å². The first-order valence-corrected chi connectivity index (χ1v) is 13.6. The molecule has 37 heavy (non-hydrogen) atoms. The van der Waals surface area contributed by atoms with Gasteiger partial charge in [0, 0.05) is 0 Å². The fourth-order valence-electron chi connectivity index (χ4n) is 3.49. The number of imide groups is 1. The molecule has 1 saturated heterocycles. The highest BCUT2D eigenvalue weighted by molar-refractivity contribution is 14.1. The summed E-state index contributed by atoms with van der Waals surface area (Å²) in [5.41, 5.74) is 2.10. The quantitative estimate of drug-likeness (QED) is 0.208. The Bertz CT molecular complexity index is 1370. The number of hydrogen-bond acceptors (Lipinski definition) is 6. The minimum atomic E-state index is -0.540. The minimum absolute atomic E-state index is 0.215. The third kappa shape index (κ3) is 6.85. The van der Waals surface area contributed by atoms with E-state index >= 15 is 0 Å². The van der Waals surface area contributed by atoms with E-state index in [-0.39, 0.29) is 4.91 Å². The molecule has 3 aromatic carbocycles. The van der Waals surface area contributed by atoms with Gasteiger partial charge in [-0.25, -0.2) is 0 Å². The van der Waals surface area contributed by atoms with Crippen molar-refractivity contribution in [2.45, 2.75) is 13.5 Å². The third-order valence-electron chi connectivity index (χ3n) is 5.18. The molecule has 1 heterocycles. The normalized spacial score (nSPS) is 14.2. The maximum atomic E-state index is 12.9. The highest BCUT2D eigenvalue weighted by Crippen LogP contribution is 2.38. The molecule has 10 heteroatoms. The number of ether oxygens (including phenoxy) is 2. The van der Waals surface area contributed by atoms with Gasteiger partial charge in [0.2, 0.25) is 5.91 Å². The van der Waals surface area contributed by atoms with Crippen molar-refractivity contribution < 1.29 is 23.9 Å². The number of thioether (sulfide) groups is 1. The van der Waals surface area contributed by atoms with Gasteiger partial charge >= 0.3 is 0 Å². The van der Waals surface area contributed by atoms with Gasteiger partial charge in [-0.15, -0.1) is 0 Å². The van der Waals surface area contributed by atoms with Gasteiger partial charge in [0.1, 0.15) is 13.2 Å². The maximum absolute atomic E-state index is 12.9. The van der Waals surface area contributed by atoms with E-state index in [1.807, 2.05) is 43.3 Å². The van der Waals surface area contributed by atoms with Gasteiger partial charge in [-0.3, -0.25) is 19.3 Å². The van der Waals surface area contributed by atoms with Crippen LogP contribution >= 0.6 is 46.0 Å². The molecule has 0 bridgehead atoms. The molecular formula is C27H22ClIN2O5S. The second-order valence-corrected chi connectivity index (χ2v) is 10.4. The van der Waals surface area contributed by atoms with E-state index < -0.39 is 23.6 Å². The number of anilines is 1. The summed E-state index contributed by atoms with van der Waals surface area (Å²) >= 11 is 9.01. The molecule has 4 rings (SSSR count). The number of rotatable bonds is 9. The highest BCUT2D eigenvalue weighted by atomic mass is 127. The Morgan fingerprint density at radius 3 is 2.54 bits per heavy atom. The SMILES string of the molecule is CCOc1cc(/C=C2/SC(=O)N(CC(=O)Nc3ccccc3Cl)C2=O)cc(I)c1OCc1ccccc1. The van der Waals surface area contributed by atoms with Crippen LogP contribution in [0.3, 0.4) is 0 Å². The van der Waals surface area contributed by atoms with Gasteiger partial charge < -0.3 is 14.8 Å². The van der Waals surface area contributed by atoms with E-state index in [0.29, 0.717) is 41.0 Å². The number of carbonyl (C=O) groups excluding carboxylic acids is 3. The Morgan fingerprint density at radius 1 is 1.08 bits per heavy atom. The molecule has 1 aliphatic heterocycles. The van der Waals surface area contributed by atoms with Crippen LogP contribution < -0.4 is 14.8 Å². The van der Waals surface area contributed by atoms with Crippen molar-refractivity contribution in [1.29, 1.82) is 0 Å². The monoisotopic (exact) mass is 648 g/mol. The van der Waals surface area contributed by atoms with Crippen LogP contribution in [0.15, 0.2) is 71.6 Å². The Balaban J connectivity index is 1.49. The van der Waals surface area contributed by atoms with Gasteiger partial charge in [0.05, 0.1) is 25.8 Å². The summed E-state index contributed by atoms with van der Waals surface area (Å²) in [6.07, 6.45) is 1.61. The average Bonchev–Trinajstić information content (AvgIpc) is 3.13. The van der Waals surface area contributed by atoms with Crippen molar-refractivity contribution >= 4 is 74.8 Å². The van der Waals surface area contributed by atoms with E-state index in [0.717, 1.165) is 25.8 Å². The predicted molar refractivity (Wildman–Crippen MR) is 154 cm³/mol. The lowest BCUT2D eigenvalue weighted by molar-refractivity contribution is -0.127. The second kappa shape index (κ2) is 12.5. The van der Waals surface area contributed by atoms with Crippen molar-refractivity contribution in [3.05, 3.63) is 91.4 Å². The molecule has 0 radical (unpaired) electrons. The van der Waals surface area contributed by atoms with Crippen LogP contribution in [0.25, 0.3) is 6.08 Å². The van der Waals surface area contributed by atoms with E-state index in [1.54, 1.807) is 36.4 Å². The molecule has 1 N–H and O–H groups in total. The van der Waals surface area contributed by atoms with Gasteiger partial charge in [0.25, 0.3) is 11.1 Å². The summed E-state index contributed by atoms with van der Waals surface area (Å²) < 4.78 is 12.6. The summed E-state index contributed by atoms with van der Waals surface area (Å²) in [6.45, 7) is 2.27. The first kappa shape index (κ1) is 27.0. The van der Waals surface area contributed by atoms with Gasteiger partial charge in [-0.1, -0.05) is 54.1 Å². The zero-order chi connectivity index (χ0) is 26.4. The lowest BCUT2D eigenvalue weighted by atomic mass is 10.1. The van der Waals surface area contributed by atoms with Crippen LogP contribution in [-0.4, -0.2) is 35.1 Å². The van der Waals surface area contributed by atoms with Crippen molar-refractivity contribution in [3.63, 3.8) is 0 Å². The predicted octanol–water partition coefficient (Wildman–Crippen LogP) is 6.60. The number of nitrogens with one attached hydrogen (secondary N) is 1. The zero-order valence-electron chi connectivity index (χ0n) is 19.7. The zero-order valence-corrected chi connectivity index (χ0v) is 23.4. The molecule has 0 aliphatic carbocycles.